The number of furan rings is 1. The summed E-state index contributed by atoms with van der Waals surface area (Å²) in [7, 11) is 1.69. The topological polar surface area (TPSA) is 68.0 Å². The molecular weight excluding hydrogens is 397 g/mol. The number of guanidine groups is 1. The van der Waals surface area contributed by atoms with Crippen LogP contribution in [0, 0.1) is 5.92 Å². The van der Waals surface area contributed by atoms with Crippen LogP contribution in [0.25, 0.3) is 0 Å². The number of hydrogen-bond acceptors (Lipinski definition) is 4. The van der Waals surface area contributed by atoms with Gasteiger partial charge >= 0.3 is 0 Å². The van der Waals surface area contributed by atoms with E-state index in [1.54, 1.807) is 13.4 Å². The summed E-state index contributed by atoms with van der Waals surface area (Å²) in [6, 6.07) is 3.88. The minimum atomic E-state index is 0. The molecule has 0 radical (unpaired) electrons. The Kier molecular flexibility index (Phi) is 10.3. The highest BCUT2D eigenvalue weighted by Gasteiger charge is 2.15. The van der Waals surface area contributed by atoms with Crippen LogP contribution in [0.5, 0.6) is 0 Å². The van der Waals surface area contributed by atoms with Gasteiger partial charge in [-0.05, 0) is 18.6 Å². The van der Waals surface area contributed by atoms with Crippen LogP contribution in [0.3, 0.4) is 0 Å². The number of methoxy groups -OCH3 is 1. The molecule has 0 spiro atoms. The monoisotopic (exact) mass is 423 g/mol. The summed E-state index contributed by atoms with van der Waals surface area (Å²) in [4.78, 5) is 4.62. The maximum absolute atomic E-state index is 5.38. The molecule has 1 aromatic rings. The standard InChI is InChI=1S/C15H25N3O3.HI/c1-19-10-7-17-15(18-11-13-5-9-20-12-13)16-6-4-14-3-2-8-21-14;/h2-3,8,13H,4-7,9-12H2,1H3,(H2,16,17,18);1H. The van der Waals surface area contributed by atoms with Crippen molar-refractivity contribution in [2.45, 2.75) is 12.8 Å². The van der Waals surface area contributed by atoms with Crippen LogP contribution >= 0.6 is 24.0 Å². The second-order valence-electron chi connectivity index (χ2n) is 5.09. The van der Waals surface area contributed by atoms with Crippen molar-refractivity contribution in [1.82, 2.24) is 10.6 Å². The van der Waals surface area contributed by atoms with Gasteiger partial charge in [0.2, 0.25) is 0 Å². The lowest BCUT2D eigenvalue weighted by molar-refractivity contribution is 0.187. The molecule has 1 aromatic heterocycles. The second-order valence-corrected chi connectivity index (χ2v) is 5.09. The third-order valence-corrected chi connectivity index (χ3v) is 3.37. The fourth-order valence-corrected chi connectivity index (χ4v) is 2.15. The number of rotatable bonds is 8. The van der Waals surface area contributed by atoms with Crippen molar-refractivity contribution in [1.29, 1.82) is 0 Å². The van der Waals surface area contributed by atoms with E-state index >= 15 is 0 Å². The van der Waals surface area contributed by atoms with Gasteiger partial charge in [-0.25, -0.2) is 0 Å². The molecule has 0 aromatic carbocycles. The molecule has 1 fully saturated rings. The summed E-state index contributed by atoms with van der Waals surface area (Å²) in [6.45, 7) is 4.66. The molecule has 22 heavy (non-hydrogen) atoms. The van der Waals surface area contributed by atoms with Crippen molar-refractivity contribution >= 4 is 29.9 Å². The lowest BCUT2D eigenvalue weighted by Gasteiger charge is -2.13. The van der Waals surface area contributed by atoms with Gasteiger partial charge < -0.3 is 24.5 Å². The van der Waals surface area contributed by atoms with Gasteiger partial charge in [0.15, 0.2) is 5.96 Å². The van der Waals surface area contributed by atoms with E-state index in [1.165, 1.54) is 0 Å². The van der Waals surface area contributed by atoms with Gasteiger partial charge in [-0.15, -0.1) is 24.0 Å². The van der Waals surface area contributed by atoms with Crippen LogP contribution in [0.4, 0.5) is 0 Å². The number of halogens is 1. The Morgan fingerprint density at radius 1 is 1.41 bits per heavy atom. The third kappa shape index (κ3) is 7.46. The average molecular weight is 423 g/mol. The van der Waals surface area contributed by atoms with Crippen LogP contribution in [-0.2, 0) is 15.9 Å². The summed E-state index contributed by atoms with van der Waals surface area (Å²) in [5.74, 6) is 2.34. The first-order chi connectivity index (χ1) is 10.4. The van der Waals surface area contributed by atoms with Crippen LogP contribution in [-0.4, -0.2) is 52.5 Å². The van der Waals surface area contributed by atoms with Gasteiger partial charge in [0, 0.05) is 45.7 Å². The van der Waals surface area contributed by atoms with Crippen LogP contribution in [0.1, 0.15) is 12.2 Å². The molecule has 0 bridgehead atoms. The molecule has 1 aliphatic rings. The highest BCUT2D eigenvalue weighted by molar-refractivity contribution is 14.0. The molecular formula is C15H26IN3O3. The van der Waals surface area contributed by atoms with E-state index in [2.05, 4.69) is 15.6 Å². The van der Waals surface area contributed by atoms with Crippen LogP contribution < -0.4 is 10.6 Å². The lowest BCUT2D eigenvalue weighted by atomic mass is 10.1. The molecule has 2 N–H and O–H groups in total. The smallest absolute Gasteiger partial charge is 0.191 e. The van der Waals surface area contributed by atoms with E-state index in [9.17, 15) is 0 Å². The zero-order valence-corrected chi connectivity index (χ0v) is 15.4. The van der Waals surface area contributed by atoms with Crippen LogP contribution in [0.15, 0.2) is 27.8 Å². The number of nitrogens with zero attached hydrogens (tertiary/aromatic N) is 1. The summed E-state index contributed by atoms with van der Waals surface area (Å²) in [5.41, 5.74) is 0. The average Bonchev–Trinajstić information content (AvgIpc) is 3.18. The van der Waals surface area contributed by atoms with Crippen molar-refractivity contribution < 1.29 is 13.9 Å². The Morgan fingerprint density at radius 2 is 2.27 bits per heavy atom. The highest BCUT2D eigenvalue weighted by Crippen LogP contribution is 2.11. The van der Waals surface area contributed by atoms with E-state index in [4.69, 9.17) is 13.9 Å². The Morgan fingerprint density at radius 3 is 2.95 bits per heavy atom. The molecule has 1 aliphatic heterocycles. The van der Waals surface area contributed by atoms with Crippen molar-refractivity contribution in [3.8, 4) is 0 Å². The molecule has 0 aliphatic carbocycles. The minimum absolute atomic E-state index is 0. The number of hydrogen-bond donors (Lipinski definition) is 2. The molecule has 2 rings (SSSR count). The van der Waals surface area contributed by atoms with E-state index in [-0.39, 0.29) is 24.0 Å². The first-order valence-corrected chi connectivity index (χ1v) is 7.49. The normalized spacial score (nSPS) is 18.0. The zero-order chi connectivity index (χ0) is 14.8. The molecule has 2 heterocycles. The maximum Gasteiger partial charge on any atom is 0.191 e. The first-order valence-electron chi connectivity index (χ1n) is 7.49. The lowest BCUT2D eigenvalue weighted by Crippen LogP contribution is -2.40. The van der Waals surface area contributed by atoms with Crippen molar-refractivity contribution in [2.75, 3.05) is 46.6 Å². The van der Waals surface area contributed by atoms with Crippen molar-refractivity contribution in [3.05, 3.63) is 24.2 Å². The molecule has 1 unspecified atom stereocenters. The Balaban J connectivity index is 0.00000242. The maximum atomic E-state index is 5.38. The number of aliphatic imine (C=N–C) groups is 1. The Labute approximate surface area is 149 Å². The first kappa shape index (κ1) is 19.2. The largest absolute Gasteiger partial charge is 0.469 e. The molecule has 126 valence electrons. The number of ether oxygens (including phenoxy) is 2. The van der Waals surface area contributed by atoms with Gasteiger partial charge in [-0.3, -0.25) is 4.99 Å². The van der Waals surface area contributed by atoms with Crippen LogP contribution in [0.2, 0.25) is 0 Å². The highest BCUT2D eigenvalue weighted by atomic mass is 127. The second kappa shape index (κ2) is 11.7. The van der Waals surface area contributed by atoms with E-state index in [0.29, 0.717) is 12.5 Å². The fraction of sp³-hybridized carbons (Fsp3) is 0.667. The predicted molar refractivity (Wildman–Crippen MR) is 96.9 cm³/mol. The Hall–Kier alpha value is -0.800. The SMILES string of the molecule is COCCNC(=NCC1CCOC1)NCCc1ccco1.I. The molecule has 1 saturated heterocycles. The third-order valence-electron chi connectivity index (χ3n) is 3.37. The van der Waals surface area contributed by atoms with Gasteiger partial charge in [-0.1, -0.05) is 0 Å². The van der Waals surface area contributed by atoms with Gasteiger partial charge in [0.25, 0.3) is 0 Å². The van der Waals surface area contributed by atoms with E-state index in [1.807, 2.05) is 12.1 Å². The summed E-state index contributed by atoms with van der Waals surface area (Å²) >= 11 is 0. The fourth-order valence-electron chi connectivity index (χ4n) is 2.15. The predicted octanol–water partition coefficient (Wildman–Crippen LogP) is 1.66. The summed E-state index contributed by atoms with van der Waals surface area (Å²) in [5, 5.41) is 6.59. The number of nitrogens with one attached hydrogen (secondary N) is 2. The zero-order valence-electron chi connectivity index (χ0n) is 13.0. The molecule has 6 nitrogen and oxygen atoms in total. The molecule has 7 heteroatoms. The van der Waals surface area contributed by atoms with E-state index in [0.717, 1.165) is 57.4 Å². The van der Waals surface area contributed by atoms with E-state index < -0.39 is 0 Å². The molecule has 0 amide bonds. The van der Waals surface area contributed by atoms with Crippen molar-refractivity contribution in [2.24, 2.45) is 10.9 Å². The molecule has 1 atom stereocenters. The van der Waals surface area contributed by atoms with Crippen molar-refractivity contribution in [3.63, 3.8) is 0 Å². The minimum Gasteiger partial charge on any atom is -0.469 e. The summed E-state index contributed by atoms with van der Waals surface area (Å²) in [6.07, 6.45) is 3.63. The van der Waals surface area contributed by atoms with Gasteiger partial charge in [0.1, 0.15) is 5.76 Å². The summed E-state index contributed by atoms with van der Waals surface area (Å²) < 4.78 is 15.7. The molecule has 0 saturated carbocycles. The van der Waals surface area contributed by atoms with Gasteiger partial charge in [0.05, 0.1) is 19.5 Å². The Bertz CT molecular complexity index is 406. The van der Waals surface area contributed by atoms with Gasteiger partial charge in [-0.2, -0.15) is 0 Å². The quantitative estimate of drug-likeness (QED) is 0.288.